The molecule has 0 saturated heterocycles. The Morgan fingerprint density at radius 3 is 2.50 bits per heavy atom. The lowest BCUT2D eigenvalue weighted by Gasteiger charge is -2.61. The lowest BCUT2D eigenvalue weighted by atomic mass is 9.45. The lowest BCUT2D eigenvalue weighted by Crippen LogP contribution is -2.57. The largest absolute Gasteiger partial charge is 0.455 e. The van der Waals surface area contributed by atoms with E-state index >= 15 is 0 Å². The minimum atomic E-state index is -0.610. The summed E-state index contributed by atoms with van der Waals surface area (Å²) in [5, 5.41) is 0. The molecule has 5 aliphatic carbocycles. The first kappa shape index (κ1) is 21.0. The van der Waals surface area contributed by atoms with Crippen molar-refractivity contribution in [2.75, 3.05) is 7.11 Å². The van der Waals surface area contributed by atoms with Crippen molar-refractivity contribution in [1.29, 1.82) is 0 Å². The summed E-state index contributed by atoms with van der Waals surface area (Å²) >= 11 is 0. The summed E-state index contributed by atoms with van der Waals surface area (Å²) in [5.41, 5.74) is 1.16. The van der Waals surface area contributed by atoms with Gasteiger partial charge in [-0.3, -0.25) is 9.59 Å². The van der Waals surface area contributed by atoms with Crippen LogP contribution >= 0.6 is 0 Å². The zero-order chi connectivity index (χ0) is 21.5. The molecule has 4 heteroatoms. The summed E-state index contributed by atoms with van der Waals surface area (Å²) in [7, 11) is 1.95. The van der Waals surface area contributed by atoms with Crippen molar-refractivity contribution in [3.8, 4) is 0 Å². The van der Waals surface area contributed by atoms with Crippen molar-refractivity contribution in [3.63, 3.8) is 0 Å². The van der Waals surface area contributed by atoms with Crippen molar-refractivity contribution in [2.45, 2.75) is 91.3 Å². The normalized spacial score (nSPS) is 53.0. The average Bonchev–Trinajstić information content (AvgIpc) is 3.22. The molecule has 0 bridgehead atoms. The number of rotatable bonds is 5. The molecule has 0 aromatic rings. The second-order valence-electron chi connectivity index (χ2n) is 12.0. The predicted octanol–water partition coefficient (Wildman–Crippen LogP) is 5.04. The van der Waals surface area contributed by atoms with E-state index in [0.29, 0.717) is 28.8 Å². The fourth-order valence-corrected chi connectivity index (χ4v) is 10.2. The second-order valence-corrected chi connectivity index (χ2v) is 12.0. The van der Waals surface area contributed by atoms with Gasteiger partial charge in [0.2, 0.25) is 0 Å². The van der Waals surface area contributed by atoms with Gasteiger partial charge in [0, 0.05) is 25.4 Å². The van der Waals surface area contributed by atoms with E-state index in [9.17, 15) is 9.59 Å². The van der Waals surface area contributed by atoms with Crippen LogP contribution in [0.25, 0.3) is 0 Å². The van der Waals surface area contributed by atoms with E-state index in [1.165, 1.54) is 51.9 Å². The minimum absolute atomic E-state index is 0.0842. The predicted molar refractivity (Wildman–Crippen MR) is 115 cm³/mol. The molecule has 1 spiro atoms. The van der Waals surface area contributed by atoms with Crippen LogP contribution in [0, 0.1) is 51.8 Å². The van der Waals surface area contributed by atoms with E-state index in [1.54, 1.807) is 0 Å². The number of hydrogen-bond acceptors (Lipinski definition) is 4. The Morgan fingerprint density at radius 2 is 1.87 bits per heavy atom. The highest BCUT2D eigenvalue weighted by molar-refractivity contribution is 5.70. The topological polar surface area (TPSA) is 52.6 Å². The zero-order valence-corrected chi connectivity index (χ0v) is 19.5. The van der Waals surface area contributed by atoms with Gasteiger partial charge in [-0.2, -0.15) is 0 Å². The Bertz CT molecular complexity index is 735. The molecule has 0 radical (unpaired) electrons. The van der Waals surface area contributed by atoms with Crippen molar-refractivity contribution in [1.82, 2.24) is 0 Å². The molecular formula is C26H40O4. The summed E-state index contributed by atoms with van der Waals surface area (Å²) in [4.78, 5) is 23.3. The van der Waals surface area contributed by atoms with E-state index in [-0.39, 0.29) is 17.3 Å². The van der Waals surface area contributed by atoms with Gasteiger partial charge in [0.05, 0.1) is 6.10 Å². The molecular weight excluding hydrogens is 376 g/mol. The molecule has 0 aliphatic heterocycles. The molecule has 5 fully saturated rings. The van der Waals surface area contributed by atoms with Crippen molar-refractivity contribution in [3.05, 3.63) is 0 Å². The molecule has 5 rings (SSSR count). The van der Waals surface area contributed by atoms with E-state index in [0.717, 1.165) is 30.5 Å². The third kappa shape index (κ3) is 2.49. The minimum Gasteiger partial charge on any atom is -0.455 e. The number of carbonyl (C=O) groups is 2. The average molecular weight is 417 g/mol. The number of aldehydes is 1. The van der Waals surface area contributed by atoms with E-state index in [4.69, 9.17) is 9.47 Å². The second kappa shape index (κ2) is 6.80. The van der Waals surface area contributed by atoms with Crippen LogP contribution in [-0.4, -0.2) is 31.6 Å². The van der Waals surface area contributed by atoms with Gasteiger partial charge < -0.3 is 9.47 Å². The number of ether oxygens (including phenoxy) is 2. The summed E-state index contributed by atoms with van der Waals surface area (Å²) in [6, 6.07) is 0. The summed E-state index contributed by atoms with van der Waals surface area (Å²) < 4.78 is 11.6. The highest BCUT2D eigenvalue weighted by atomic mass is 16.5. The van der Waals surface area contributed by atoms with Crippen LogP contribution in [0.2, 0.25) is 0 Å². The first-order chi connectivity index (χ1) is 14.2. The van der Waals surface area contributed by atoms with Crippen LogP contribution in [-0.2, 0) is 19.1 Å². The molecule has 5 aliphatic rings. The van der Waals surface area contributed by atoms with Crippen LogP contribution in [0.1, 0.15) is 79.1 Å². The van der Waals surface area contributed by atoms with Gasteiger partial charge in [0.1, 0.15) is 0 Å². The monoisotopic (exact) mass is 416 g/mol. The Labute approximate surface area is 181 Å². The molecule has 0 aromatic carbocycles. The molecule has 4 nitrogen and oxygen atoms in total. The molecule has 11 atom stereocenters. The number of hydrogen-bond donors (Lipinski definition) is 0. The fraction of sp³-hybridized carbons (Fsp3) is 0.923. The molecule has 0 unspecified atom stereocenters. The first-order valence-corrected chi connectivity index (χ1v) is 12.4. The smallest absolute Gasteiger partial charge is 0.303 e. The Kier molecular flexibility index (Phi) is 4.75. The number of carbonyl (C=O) groups excluding carboxylic acids is 2. The highest BCUT2D eigenvalue weighted by Gasteiger charge is 2.77. The zero-order valence-electron chi connectivity index (χ0n) is 19.5. The maximum absolute atomic E-state index is 11.7. The van der Waals surface area contributed by atoms with Gasteiger partial charge in [0.15, 0.2) is 12.4 Å². The number of esters is 1. The van der Waals surface area contributed by atoms with Crippen molar-refractivity contribution >= 4 is 12.3 Å². The molecule has 0 aromatic heterocycles. The van der Waals surface area contributed by atoms with Gasteiger partial charge in [-0.1, -0.05) is 20.8 Å². The lowest BCUT2D eigenvalue weighted by molar-refractivity contribution is -0.166. The third-order valence-electron chi connectivity index (χ3n) is 11.5. The van der Waals surface area contributed by atoms with Gasteiger partial charge in [-0.05, 0) is 91.8 Å². The fourth-order valence-electron chi connectivity index (χ4n) is 10.2. The van der Waals surface area contributed by atoms with Crippen LogP contribution < -0.4 is 0 Å². The van der Waals surface area contributed by atoms with E-state index in [2.05, 4.69) is 20.8 Å². The SMILES string of the molecule is CO[C@@H]1C[C@H]2[C@@H]3CC[C@H]([C@H](C)[C@H](C=O)OC(C)=O)[C@@]3(C)CC[C@@H]2[C@@]2(C)CC[C@@H]3C[C@]312. The summed E-state index contributed by atoms with van der Waals surface area (Å²) in [5.74, 6) is 3.37. The van der Waals surface area contributed by atoms with Crippen LogP contribution in [0.5, 0.6) is 0 Å². The van der Waals surface area contributed by atoms with Gasteiger partial charge in [0.25, 0.3) is 0 Å². The molecule has 0 N–H and O–H groups in total. The van der Waals surface area contributed by atoms with E-state index < -0.39 is 6.10 Å². The van der Waals surface area contributed by atoms with Crippen LogP contribution in [0.4, 0.5) is 0 Å². The van der Waals surface area contributed by atoms with Gasteiger partial charge in [-0.25, -0.2) is 0 Å². The highest BCUT2D eigenvalue weighted by Crippen LogP contribution is 2.82. The molecule has 5 saturated carbocycles. The quantitative estimate of drug-likeness (QED) is 0.465. The van der Waals surface area contributed by atoms with Crippen LogP contribution in [0.15, 0.2) is 0 Å². The maximum Gasteiger partial charge on any atom is 0.303 e. The first-order valence-electron chi connectivity index (χ1n) is 12.4. The van der Waals surface area contributed by atoms with Crippen LogP contribution in [0.3, 0.4) is 0 Å². The van der Waals surface area contributed by atoms with Gasteiger partial charge >= 0.3 is 5.97 Å². The Morgan fingerprint density at radius 1 is 1.10 bits per heavy atom. The van der Waals surface area contributed by atoms with Gasteiger partial charge in [-0.15, -0.1) is 0 Å². The summed E-state index contributed by atoms with van der Waals surface area (Å²) in [6.45, 7) is 8.64. The molecule has 0 amide bonds. The molecule has 168 valence electrons. The number of fused-ring (bicyclic) bond motifs is 4. The standard InChI is InChI=1S/C26H40O4/c1-15(22(14-27)30-16(2)28)19-6-7-20-18-12-23(29-5)26-13-17(26)8-11-25(26,4)21(18)9-10-24(19,20)3/h14-15,17-23H,6-13H2,1-5H3/t15-,17+,18-,19+,20-,21-,22-,23+,24+,25+,26-/m0/s1. The molecule has 0 heterocycles. The Hall–Kier alpha value is -0.900. The summed E-state index contributed by atoms with van der Waals surface area (Å²) in [6.07, 6.45) is 11.1. The molecule has 30 heavy (non-hydrogen) atoms. The van der Waals surface area contributed by atoms with Crippen molar-refractivity contribution in [2.24, 2.45) is 51.8 Å². The Balaban J connectivity index is 1.42. The van der Waals surface area contributed by atoms with E-state index in [1.807, 2.05) is 7.11 Å². The van der Waals surface area contributed by atoms with Crippen molar-refractivity contribution < 1.29 is 19.1 Å². The third-order valence-corrected chi connectivity index (χ3v) is 11.5. The number of methoxy groups -OCH3 is 1. The maximum atomic E-state index is 11.7.